The van der Waals surface area contributed by atoms with E-state index in [9.17, 15) is 14.7 Å². The molecule has 2 aromatic rings. The lowest BCUT2D eigenvalue weighted by molar-refractivity contribution is 0.0676. The summed E-state index contributed by atoms with van der Waals surface area (Å²) in [6.45, 7) is 5.06. The summed E-state index contributed by atoms with van der Waals surface area (Å²) in [4.78, 5) is 30.1. The molecule has 1 N–H and O–H groups in total. The highest BCUT2D eigenvalue weighted by atomic mass is 16.4. The second kappa shape index (κ2) is 6.43. The molecule has 0 fully saturated rings. The maximum atomic E-state index is 12.7. The molecule has 0 spiro atoms. The number of carbonyl (C=O) groups is 2. The number of carboxylic acid groups (broad SMARTS) is 1. The highest BCUT2D eigenvalue weighted by Crippen LogP contribution is 2.23. The van der Waals surface area contributed by atoms with Gasteiger partial charge in [0.1, 0.15) is 0 Å². The number of aromatic nitrogens is 1. The minimum Gasteiger partial charge on any atom is -0.478 e. The largest absolute Gasteiger partial charge is 0.478 e. The summed E-state index contributed by atoms with van der Waals surface area (Å²) in [5, 5.41) is 9.33. The Balaban J connectivity index is 1.84. The molecule has 1 aromatic carbocycles. The summed E-state index contributed by atoms with van der Waals surface area (Å²) in [5.41, 5.74) is 3.46. The number of amides is 1. The minimum atomic E-state index is -0.982. The average molecular weight is 324 g/mol. The Labute approximate surface area is 140 Å². The molecule has 0 saturated heterocycles. The fourth-order valence-electron chi connectivity index (χ4n) is 3.01. The summed E-state index contributed by atoms with van der Waals surface area (Å²) in [6, 6.07) is 9.12. The molecule has 3 rings (SSSR count). The normalized spacial score (nSPS) is 13.7. The van der Waals surface area contributed by atoms with Gasteiger partial charge in [-0.15, -0.1) is 0 Å². The first-order chi connectivity index (χ1) is 11.5. The van der Waals surface area contributed by atoms with Crippen LogP contribution in [0.1, 0.15) is 57.3 Å². The number of hydrogen-bond donors (Lipinski definition) is 1. The van der Waals surface area contributed by atoms with Gasteiger partial charge in [0.05, 0.1) is 5.56 Å². The first-order valence-electron chi connectivity index (χ1n) is 8.06. The van der Waals surface area contributed by atoms with Gasteiger partial charge in [0, 0.05) is 42.5 Å². The third kappa shape index (κ3) is 3.02. The maximum Gasteiger partial charge on any atom is 0.336 e. The van der Waals surface area contributed by atoms with E-state index in [-0.39, 0.29) is 18.0 Å². The van der Waals surface area contributed by atoms with Crippen molar-refractivity contribution in [2.45, 2.75) is 32.7 Å². The molecule has 24 heavy (non-hydrogen) atoms. The summed E-state index contributed by atoms with van der Waals surface area (Å²) >= 11 is 0. The molecule has 1 aliphatic rings. The Morgan fingerprint density at radius 3 is 2.50 bits per heavy atom. The van der Waals surface area contributed by atoms with E-state index < -0.39 is 5.97 Å². The lowest BCUT2D eigenvalue weighted by atomic mass is 9.98. The van der Waals surface area contributed by atoms with Gasteiger partial charge in [-0.25, -0.2) is 4.79 Å². The Hall–Kier alpha value is -2.69. The van der Waals surface area contributed by atoms with Crippen LogP contribution in [0, 0.1) is 0 Å². The SMILES string of the molecule is CC(C)c1ccc(C(=O)N2CCc3nccc(C(=O)O)c3C2)cc1. The van der Waals surface area contributed by atoms with Crippen LogP contribution in [0.5, 0.6) is 0 Å². The summed E-state index contributed by atoms with van der Waals surface area (Å²) < 4.78 is 0. The van der Waals surface area contributed by atoms with Crippen LogP contribution in [0.4, 0.5) is 0 Å². The molecule has 0 radical (unpaired) electrons. The van der Waals surface area contributed by atoms with Crippen molar-refractivity contribution >= 4 is 11.9 Å². The number of benzene rings is 1. The van der Waals surface area contributed by atoms with E-state index in [0.29, 0.717) is 30.0 Å². The number of carbonyl (C=O) groups excluding carboxylic acids is 1. The third-order valence-electron chi connectivity index (χ3n) is 4.45. The minimum absolute atomic E-state index is 0.0730. The Morgan fingerprint density at radius 1 is 1.17 bits per heavy atom. The van der Waals surface area contributed by atoms with Gasteiger partial charge >= 0.3 is 5.97 Å². The summed E-state index contributed by atoms with van der Waals surface area (Å²) in [5.74, 6) is -0.638. The van der Waals surface area contributed by atoms with E-state index >= 15 is 0 Å². The second-order valence-corrected chi connectivity index (χ2v) is 6.34. The Bertz CT molecular complexity index is 782. The fraction of sp³-hybridized carbons (Fsp3) is 0.316. The van der Waals surface area contributed by atoms with Crippen molar-refractivity contribution in [2.75, 3.05) is 6.54 Å². The Morgan fingerprint density at radius 2 is 1.88 bits per heavy atom. The molecule has 124 valence electrons. The van der Waals surface area contributed by atoms with Gasteiger partial charge in [-0.1, -0.05) is 26.0 Å². The van der Waals surface area contributed by atoms with Crippen LogP contribution in [0.3, 0.4) is 0 Å². The lowest BCUT2D eigenvalue weighted by Crippen LogP contribution is -2.37. The molecule has 1 amide bonds. The molecule has 0 saturated carbocycles. The molecule has 0 bridgehead atoms. The van der Waals surface area contributed by atoms with Crippen molar-refractivity contribution in [2.24, 2.45) is 0 Å². The zero-order valence-corrected chi connectivity index (χ0v) is 13.8. The van der Waals surface area contributed by atoms with E-state index in [0.717, 1.165) is 5.69 Å². The Kier molecular flexibility index (Phi) is 4.34. The average Bonchev–Trinajstić information content (AvgIpc) is 2.60. The van der Waals surface area contributed by atoms with Crippen LogP contribution in [-0.4, -0.2) is 33.4 Å². The smallest absolute Gasteiger partial charge is 0.336 e. The van der Waals surface area contributed by atoms with Crippen molar-refractivity contribution in [3.05, 3.63) is 64.5 Å². The number of pyridine rings is 1. The van der Waals surface area contributed by atoms with Gasteiger partial charge in [0.25, 0.3) is 5.91 Å². The van der Waals surface area contributed by atoms with E-state index in [1.807, 2.05) is 24.3 Å². The van der Waals surface area contributed by atoms with Crippen molar-refractivity contribution in [3.63, 3.8) is 0 Å². The molecule has 1 aliphatic heterocycles. The molecule has 0 aliphatic carbocycles. The van der Waals surface area contributed by atoms with Crippen molar-refractivity contribution in [3.8, 4) is 0 Å². The van der Waals surface area contributed by atoms with Gasteiger partial charge in [0.15, 0.2) is 0 Å². The highest BCUT2D eigenvalue weighted by molar-refractivity contribution is 5.95. The molecule has 5 heteroatoms. The molecule has 2 heterocycles. The number of hydrogen-bond acceptors (Lipinski definition) is 3. The van der Waals surface area contributed by atoms with Crippen LogP contribution in [-0.2, 0) is 13.0 Å². The summed E-state index contributed by atoms with van der Waals surface area (Å²) in [6.07, 6.45) is 2.09. The van der Waals surface area contributed by atoms with E-state index in [1.54, 1.807) is 4.90 Å². The predicted octanol–water partition coefficient (Wildman–Crippen LogP) is 3.10. The zero-order chi connectivity index (χ0) is 17.3. The quantitative estimate of drug-likeness (QED) is 0.942. The monoisotopic (exact) mass is 324 g/mol. The lowest BCUT2D eigenvalue weighted by Gasteiger charge is -2.29. The molecular formula is C19H20N2O3. The summed E-state index contributed by atoms with van der Waals surface area (Å²) in [7, 11) is 0. The molecular weight excluding hydrogens is 304 g/mol. The highest BCUT2D eigenvalue weighted by Gasteiger charge is 2.26. The number of carboxylic acids is 1. The topological polar surface area (TPSA) is 70.5 Å². The maximum absolute atomic E-state index is 12.7. The van der Waals surface area contributed by atoms with Crippen LogP contribution in [0.25, 0.3) is 0 Å². The zero-order valence-electron chi connectivity index (χ0n) is 13.8. The van der Waals surface area contributed by atoms with Crippen LogP contribution >= 0.6 is 0 Å². The molecule has 5 nitrogen and oxygen atoms in total. The van der Waals surface area contributed by atoms with Gasteiger partial charge in [-0.2, -0.15) is 0 Å². The van der Waals surface area contributed by atoms with Crippen LogP contribution in [0.15, 0.2) is 36.5 Å². The number of nitrogens with zero attached hydrogens (tertiary/aromatic N) is 2. The van der Waals surface area contributed by atoms with Crippen molar-refractivity contribution in [1.29, 1.82) is 0 Å². The van der Waals surface area contributed by atoms with Crippen LogP contribution in [0.2, 0.25) is 0 Å². The van der Waals surface area contributed by atoms with E-state index in [4.69, 9.17) is 0 Å². The number of fused-ring (bicyclic) bond motifs is 1. The van der Waals surface area contributed by atoms with Gasteiger partial charge in [0.2, 0.25) is 0 Å². The van der Waals surface area contributed by atoms with Gasteiger partial charge in [-0.05, 0) is 29.7 Å². The molecule has 0 unspecified atom stereocenters. The van der Waals surface area contributed by atoms with Gasteiger partial charge in [-0.3, -0.25) is 9.78 Å². The van der Waals surface area contributed by atoms with Crippen molar-refractivity contribution < 1.29 is 14.7 Å². The van der Waals surface area contributed by atoms with E-state index in [1.165, 1.54) is 17.8 Å². The van der Waals surface area contributed by atoms with Gasteiger partial charge < -0.3 is 10.0 Å². The third-order valence-corrected chi connectivity index (χ3v) is 4.45. The molecule has 1 aromatic heterocycles. The van der Waals surface area contributed by atoms with Crippen LogP contribution < -0.4 is 0 Å². The number of rotatable bonds is 3. The van der Waals surface area contributed by atoms with E-state index in [2.05, 4.69) is 18.8 Å². The number of aromatic carboxylic acids is 1. The first kappa shape index (κ1) is 16.2. The second-order valence-electron chi connectivity index (χ2n) is 6.34. The van der Waals surface area contributed by atoms with Crippen molar-refractivity contribution in [1.82, 2.24) is 9.88 Å². The molecule has 0 atom stereocenters. The standard InChI is InChI=1S/C19H20N2O3/c1-12(2)13-3-5-14(6-4-13)18(22)21-10-8-17-16(11-21)15(19(23)24)7-9-20-17/h3-7,9,12H,8,10-11H2,1-2H3,(H,23,24). The first-order valence-corrected chi connectivity index (χ1v) is 8.06. The predicted molar refractivity (Wildman–Crippen MR) is 90.2 cm³/mol. The fourth-order valence-corrected chi connectivity index (χ4v) is 3.01.